The summed E-state index contributed by atoms with van der Waals surface area (Å²) in [6.07, 6.45) is 3.33. The van der Waals surface area contributed by atoms with Crippen molar-refractivity contribution in [3.8, 4) is 17.1 Å². The number of benzene rings is 3. The molecular formula is C27H19BF4N2O3. The summed E-state index contributed by atoms with van der Waals surface area (Å²) in [5.74, 6) is 0.777. The molecule has 0 aliphatic rings. The van der Waals surface area contributed by atoms with Crippen LogP contribution in [-0.4, -0.2) is 13.2 Å². The van der Waals surface area contributed by atoms with Crippen molar-refractivity contribution >= 4 is 29.9 Å². The van der Waals surface area contributed by atoms with Gasteiger partial charge in [0, 0.05) is 23.1 Å². The Morgan fingerprint density at radius 2 is 1.51 bits per heavy atom. The van der Waals surface area contributed by atoms with Gasteiger partial charge in [-0.2, -0.15) is 0 Å². The molecule has 3 aromatic carbocycles. The zero-order valence-electron chi connectivity index (χ0n) is 19.2. The predicted octanol–water partition coefficient (Wildman–Crippen LogP) is 6.67. The fourth-order valence-electron chi connectivity index (χ4n) is 3.37. The normalized spacial score (nSPS) is 11.5. The molecular weight excluding hydrogens is 487 g/mol. The lowest BCUT2D eigenvalue weighted by Crippen LogP contribution is -2.12. The van der Waals surface area contributed by atoms with E-state index in [4.69, 9.17) is 14.1 Å². The van der Waals surface area contributed by atoms with Crippen LogP contribution in [0.15, 0.2) is 119 Å². The highest BCUT2D eigenvalue weighted by atomic mass is 19.5. The van der Waals surface area contributed by atoms with Crippen LogP contribution in [0, 0.1) is 0 Å². The number of hydrogen-bond donors (Lipinski definition) is 0. The van der Waals surface area contributed by atoms with Crippen molar-refractivity contribution in [2.75, 3.05) is 0 Å². The van der Waals surface area contributed by atoms with Crippen molar-refractivity contribution < 1.29 is 36.2 Å². The summed E-state index contributed by atoms with van der Waals surface area (Å²) in [4.78, 5) is 19.9. The molecule has 5 nitrogen and oxygen atoms in total. The number of ether oxygens (including phenoxy) is 1. The van der Waals surface area contributed by atoms with Crippen LogP contribution in [0.1, 0.15) is 10.4 Å². The monoisotopic (exact) mass is 506 g/mol. The molecule has 37 heavy (non-hydrogen) atoms. The van der Waals surface area contributed by atoms with Crippen LogP contribution in [0.25, 0.3) is 22.3 Å². The number of nitrogens with zero attached hydrogens (tertiary/aromatic N) is 1. The smallest absolute Gasteiger partial charge is 0.456 e. The van der Waals surface area contributed by atoms with Gasteiger partial charge in [0.15, 0.2) is 12.4 Å². The number of nitrogens with one attached hydrogen (secondary N) is 1. The fraction of sp³-hybridized carbons (Fsp3) is 0. The van der Waals surface area contributed by atoms with E-state index in [1.54, 1.807) is 36.7 Å². The molecule has 5 rings (SSSR count). The number of rotatable bonds is 4. The third-order valence-corrected chi connectivity index (χ3v) is 4.95. The number of aromatic nitrogens is 1. The van der Waals surface area contributed by atoms with Crippen molar-refractivity contribution in [2.45, 2.75) is 0 Å². The van der Waals surface area contributed by atoms with Gasteiger partial charge in [-0.15, -0.1) is 0 Å². The number of hydrogen-bond acceptors (Lipinski definition) is 4. The van der Waals surface area contributed by atoms with Crippen LogP contribution in [0.4, 0.5) is 23.0 Å². The number of fused-ring (bicyclic) bond motifs is 1. The van der Waals surface area contributed by atoms with E-state index in [1.165, 1.54) is 0 Å². The van der Waals surface area contributed by atoms with E-state index in [0.717, 1.165) is 33.3 Å². The first-order valence-electron chi connectivity index (χ1n) is 11.0. The first kappa shape index (κ1) is 25.4. The molecule has 0 saturated heterocycles. The van der Waals surface area contributed by atoms with E-state index in [-0.39, 0.29) is 0 Å². The van der Waals surface area contributed by atoms with Crippen LogP contribution in [0.2, 0.25) is 0 Å². The average molecular weight is 506 g/mol. The molecule has 5 aromatic rings. The van der Waals surface area contributed by atoms with E-state index < -0.39 is 13.2 Å². The molecule has 0 unspecified atom stereocenters. The minimum absolute atomic E-state index is 0.422. The van der Waals surface area contributed by atoms with Crippen LogP contribution in [0.3, 0.4) is 0 Å². The first-order chi connectivity index (χ1) is 17.8. The van der Waals surface area contributed by atoms with Crippen molar-refractivity contribution in [1.29, 1.82) is 0 Å². The summed E-state index contributed by atoms with van der Waals surface area (Å²) in [5, 5.41) is 1.72. The van der Waals surface area contributed by atoms with Gasteiger partial charge in [-0.1, -0.05) is 42.5 Å². The molecule has 0 bridgehead atoms. The summed E-state index contributed by atoms with van der Waals surface area (Å²) in [6, 6.07) is 30.2. The average Bonchev–Trinajstić information content (AvgIpc) is 2.90. The predicted molar refractivity (Wildman–Crippen MR) is 131 cm³/mol. The Hall–Kier alpha value is -4.73. The molecule has 186 valence electrons. The molecule has 2 heterocycles. The van der Waals surface area contributed by atoms with Crippen LogP contribution in [-0.2, 0) is 0 Å². The number of pyridine rings is 1. The number of H-pyrrole nitrogens is 1. The van der Waals surface area contributed by atoms with E-state index in [2.05, 4.69) is 4.98 Å². The minimum atomic E-state index is -6.00. The number of esters is 1. The van der Waals surface area contributed by atoms with Crippen LogP contribution >= 0.6 is 0 Å². The van der Waals surface area contributed by atoms with Crippen LogP contribution < -0.4 is 15.1 Å². The largest absolute Gasteiger partial charge is 0.673 e. The zero-order chi connectivity index (χ0) is 26.3. The molecule has 10 heteroatoms. The minimum Gasteiger partial charge on any atom is -0.456 e. The van der Waals surface area contributed by atoms with Crippen molar-refractivity contribution in [1.82, 2.24) is 0 Å². The summed E-state index contributed by atoms with van der Waals surface area (Å²) in [7, 11) is -6.00. The van der Waals surface area contributed by atoms with E-state index in [1.807, 2.05) is 72.8 Å². The molecule has 0 atom stereocenters. The fourth-order valence-corrected chi connectivity index (χ4v) is 3.37. The molecule has 0 radical (unpaired) electrons. The van der Waals surface area contributed by atoms with Crippen molar-refractivity contribution in [3.63, 3.8) is 0 Å². The second-order valence-corrected chi connectivity index (χ2v) is 7.64. The van der Waals surface area contributed by atoms with Gasteiger partial charge in [-0.25, -0.2) is 14.8 Å². The number of halogens is 4. The van der Waals surface area contributed by atoms with Gasteiger partial charge in [-0.05, 0) is 42.5 Å². The maximum absolute atomic E-state index is 12.2. The van der Waals surface area contributed by atoms with Crippen LogP contribution in [0.5, 0.6) is 5.75 Å². The Labute approximate surface area is 208 Å². The van der Waals surface area contributed by atoms with Gasteiger partial charge in [-0.3, -0.25) is 0 Å². The topological polar surface area (TPSA) is 65.9 Å². The molecule has 0 spiro atoms. The summed E-state index contributed by atoms with van der Waals surface area (Å²) in [6.45, 7) is 0. The standard InChI is InChI=1S/C27H18N2O3.BF4/c30-27(20-9-6-16-28-18-20)31-22-14-12-21(13-15-22)29-24-17-26(19-7-2-1-3-8-19)32-25-11-5-4-10-23(24)25;2-1(3,4)5/h1-18H;/q;-1/p+1. The van der Waals surface area contributed by atoms with Gasteiger partial charge in [0.05, 0.1) is 11.0 Å². The SMILES string of the molecule is F[B-](F)(F)F.O=C(Oc1ccc(N=c2cc(-c3ccccc3)oc3ccccc23)cc1)c1ccc[nH+]c1. The maximum Gasteiger partial charge on any atom is 0.673 e. The highest BCUT2D eigenvalue weighted by Gasteiger charge is 2.20. The van der Waals surface area contributed by atoms with E-state index in [9.17, 15) is 22.1 Å². The Morgan fingerprint density at radius 3 is 2.19 bits per heavy atom. The van der Waals surface area contributed by atoms with E-state index in [0.29, 0.717) is 11.3 Å². The number of carbonyl (C=O) groups is 1. The number of para-hydroxylation sites is 1. The van der Waals surface area contributed by atoms with Gasteiger partial charge in [0.25, 0.3) is 0 Å². The second kappa shape index (κ2) is 11.3. The summed E-state index contributed by atoms with van der Waals surface area (Å²) in [5.41, 5.74) is 2.94. The first-order valence-corrected chi connectivity index (χ1v) is 11.0. The molecule has 0 aliphatic heterocycles. The Balaban J connectivity index is 0.000000586. The lowest BCUT2D eigenvalue weighted by molar-refractivity contribution is -0.378. The molecule has 1 N–H and O–H groups in total. The quantitative estimate of drug-likeness (QED) is 0.118. The van der Waals surface area contributed by atoms with Gasteiger partial charge >= 0.3 is 13.2 Å². The highest BCUT2D eigenvalue weighted by molar-refractivity contribution is 6.50. The lowest BCUT2D eigenvalue weighted by atomic mass is 10.1. The Morgan fingerprint density at radius 1 is 0.838 bits per heavy atom. The third-order valence-electron chi connectivity index (χ3n) is 4.95. The molecule has 0 fully saturated rings. The van der Waals surface area contributed by atoms with Crippen molar-refractivity contribution in [2.24, 2.45) is 4.99 Å². The summed E-state index contributed by atoms with van der Waals surface area (Å²) >= 11 is 0. The summed E-state index contributed by atoms with van der Waals surface area (Å²) < 4.78 is 50.5. The Bertz CT molecular complexity index is 1550. The lowest BCUT2D eigenvalue weighted by Gasteiger charge is -2.05. The molecule has 0 saturated carbocycles. The zero-order valence-corrected chi connectivity index (χ0v) is 19.2. The number of aromatic amines is 1. The second-order valence-electron chi connectivity index (χ2n) is 7.64. The maximum atomic E-state index is 12.2. The van der Waals surface area contributed by atoms with Gasteiger partial charge < -0.3 is 26.4 Å². The number of carbonyl (C=O) groups excluding carboxylic acids is 1. The molecule has 2 aromatic heterocycles. The highest BCUT2D eigenvalue weighted by Crippen LogP contribution is 2.23. The molecule has 0 aliphatic carbocycles. The Kier molecular flexibility index (Phi) is 7.78. The molecule has 0 amide bonds. The third kappa shape index (κ3) is 7.38. The van der Waals surface area contributed by atoms with Gasteiger partial charge in [0.1, 0.15) is 22.7 Å². The van der Waals surface area contributed by atoms with E-state index >= 15 is 0 Å². The van der Waals surface area contributed by atoms with Gasteiger partial charge in [0.2, 0.25) is 0 Å². The van der Waals surface area contributed by atoms with Crippen molar-refractivity contribution in [3.05, 3.63) is 120 Å².